The zero-order valence-corrected chi connectivity index (χ0v) is 2.83. The third kappa shape index (κ3) is 19.2. The number of hydrogen-bond donors (Lipinski definition) is 3. The topological polar surface area (TPSA) is 101 Å². The van der Waals surface area contributed by atoms with Crippen LogP contribution in [0.25, 0.3) is 0 Å². The van der Waals surface area contributed by atoms with Gasteiger partial charge in [0.2, 0.25) is 0 Å². The molecule has 5 nitrogen and oxygen atoms in total. The first-order chi connectivity index (χ1) is 2.27. The van der Waals surface area contributed by atoms with Gasteiger partial charge >= 0.3 is 45.1 Å². The van der Waals surface area contributed by atoms with Gasteiger partial charge in [-0.2, -0.15) is 0 Å². The molecule has 0 aliphatic carbocycles. The summed E-state index contributed by atoms with van der Waals surface area (Å²) in [5.74, 6) is 0. The molecule has 0 rings (SSSR count). The molecule has 0 fully saturated rings. The van der Waals surface area contributed by atoms with E-state index in [1.165, 1.54) is 0 Å². The Hall–Kier alpha value is 1.12. The van der Waals surface area contributed by atoms with Gasteiger partial charge in [-0.15, -0.1) is 0 Å². The molecule has 7 heteroatoms. The fourth-order valence-corrected chi connectivity index (χ4v) is 0. The zero-order valence-electron chi connectivity index (χ0n) is 2.83. The summed E-state index contributed by atoms with van der Waals surface area (Å²) >= 11 is 0. The van der Waals surface area contributed by atoms with E-state index in [1.54, 1.807) is 0 Å². The van der Waals surface area contributed by atoms with Crippen LogP contribution in [0.5, 0.6) is 0 Å². The Balaban J connectivity index is -0.0000000800. The van der Waals surface area contributed by atoms with E-state index in [0.29, 0.717) is 0 Å². The Morgan fingerprint density at radius 3 is 1.43 bits per heavy atom. The van der Waals surface area contributed by atoms with E-state index in [-0.39, 0.29) is 43.2 Å². The molecular weight excluding hydrogens is 131 g/mol. The van der Waals surface area contributed by atoms with Gasteiger partial charge in [-0.1, -0.05) is 0 Å². The van der Waals surface area contributed by atoms with Gasteiger partial charge in [0.15, 0.2) is 0 Å². The summed E-state index contributed by atoms with van der Waals surface area (Å²) in [6.45, 7) is 0. The SMILES string of the molecule is O.OOB(O)O.[CaH2]. The normalized spacial score (nSPS) is 5.57. The predicted octanol–water partition coefficient (Wildman–Crippen LogP) is -3.30. The van der Waals surface area contributed by atoms with E-state index < -0.39 is 7.32 Å². The summed E-state index contributed by atoms with van der Waals surface area (Å²) in [5, 5.41) is 22.0. The van der Waals surface area contributed by atoms with Crippen LogP contribution < -0.4 is 0 Å². The zero-order chi connectivity index (χ0) is 4.28. The molecule has 0 aliphatic rings. The summed E-state index contributed by atoms with van der Waals surface area (Å²) in [4.78, 5) is 2.86. The summed E-state index contributed by atoms with van der Waals surface area (Å²) in [7, 11) is -2.06. The van der Waals surface area contributed by atoms with Crippen LogP contribution in [0.3, 0.4) is 0 Å². The fourth-order valence-electron chi connectivity index (χ4n) is 0. The van der Waals surface area contributed by atoms with Crippen molar-refractivity contribution in [2.24, 2.45) is 0 Å². The molecule has 0 aromatic heterocycles. The van der Waals surface area contributed by atoms with Crippen molar-refractivity contribution in [3.63, 3.8) is 0 Å². The van der Waals surface area contributed by atoms with Crippen molar-refractivity contribution < 1.29 is 25.6 Å². The maximum atomic E-state index is 7.44. The molecule has 5 N–H and O–H groups in total. The number of hydrogen-bond acceptors (Lipinski definition) is 4. The predicted molar refractivity (Wildman–Crippen MR) is 26.1 cm³/mol. The van der Waals surface area contributed by atoms with Gasteiger partial charge in [-0.3, -0.25) is 5.26 Å². The first-order valence-corrected chi connectivity index (χ1v) is 0.935. The number of rotatable bonds is 1. The van der Waals surface area contributed by atoms with Gasteiger partial charge in [0, 0.05) is 0 Å². The van der Waals surface area contributed by atoms with Crippen LogP contribution in [-0.4, -0.2) is 65.8 Å². The fraction of sp³-hybridized carbons (Fsp3) is 0. The average Bonchev–Trinajstić information content (AvgIpc) is 1.38. The van der Waals surface area contributed by atoms with Crippen molar-refractivity contribution in [2.45, 2.75) is 0 Å². The first kappa shape index (κ1) is 15.7. The van der Waals surface area contributed by atoms with Crippen molar-refractivity contribution in [3.8, 4) is 0 Å². The monoisotopic (exact) mass is 138 g/mol. The maximum absolute atomic E-state index is 7.44. The van der Waals surface area contributed by atoms with Crippen LogP contribution in [-0.2, 0) is 4.81 Å². The molecule has 0 aliphatic heterocycles. The van der Waals surface area contributed by atoms with Gasteiger partial charge < -0.3 is 15.5 Å². The van der Waals surface area contributed by atoms with E-state index in [4.69, 9.17) is 15.3 Å². The molecule has 0 unspecified atom stereocenters. The Morgan fingerprint density at radius 2 is 1.43 bits per heavy atom. The van der Waals surface area contributed by atoms with Crippen molar-refractivity contribution in [1.29, 1.82) is 0 Å². The van der Waals surface area contributed by atoms with E-state index in [1.807, 2.05) is 0 Å². The van der Waals surface area contributed by atoms with Crippen LogP contribution in [0.2, 0.25) is 0 Å². The molecule has 0 atom stereocenters. The quantitative estimate of drug-likeness (QED) is 0.200. The summed E-state index contributed by atoms with van der Waals surface area (Å²) < 4.78 is 0. The molecule has 7 heavy (non-hydrogen) atoms. The molecule has 0 radical (unpaired) electrons. The Morgan fingerprint density at radius 1 is 1.29 bits per heavy atom. The molecular formula is H7BCaO5. The minimum atomic E-state index is -2.06. The van der Waals surface area contributed by atoms with Gasteiger partial charge in [0.05, 0.1) is 0 Å². The van der Waals surface area contributed by atoms with Gasteiger partial charge in [-0.05, 0) is 0 Å². The molecule has 0 heterocycles. The second-order valence-corrected chi connectivity index (χ2v) is 0.432. The Labute approximate surface area is 70.3 Å². The molecule has 0 aromatic carbocycles. The molecule has 0 spiro atoms. The third-order valence-electron chi connectivity index (χ3n) is 0.0943. The molecule has 0 aromatic rings. The Kier molecular flexibility index (Phi) is 22.8. The summed E-state index contributed by atoms with van der Waals surface area (Å²) in [6.07, 6.45) is 0. The van der Waals surface area contributed by atoms with Crippen molar-refractivity contribution in [1.82, 2.24) is 0 Å². The van der Waals surface area contributed by atoms with Crippen molar-refractivity contribution >= 4 is 45.1 Å². The van der Waals surface area contributed by atoms with E-state index in [2.05, 4.69) is 4.81 Å². The standard InChI is InChI=1S/BH3O4.Ca.H2O.2H/c2-1(3)5-4;;;;/h2-4H;;1H2;;. The van der Waals surface area contributed by atoms with Crippen LogP contribution in [0.4, 0.5) is 0 Å². The second-order valence-electron chi connectivity index (χ2n) is 0.432. The molecule has 0 amide bonds. The first-order valence-electron chi connectivity index (χ1n) is 0.935. The Bertz CT molecular complexity index is 22.0. The van der Waals surface area contributed by atoms with Gasteiger partial charge in [0.1, 0.15) is 0 Å². The van der Waals surface area contributed by atoms with Gasteiger partial charge in [-0.25, -0.2) is 4.81 Å². The van der Waals surface area contributed by atoms with Crippen LogP contribution in [0.15, 0.2) is 0 Å². The van der Waals surface area contributed by atoms with Gasteiger partial charge in [0.25, 0.3) is 0 Å². The van der Waals surface area contributed by atoms with Crippen molar-refractivity contribution in [2.75, 3.05) is 0 Å². The minimum absolute atomic E-state index is 0. The second kappa shape index (κ2) is 10.2. The van der Waals surface area contributed by atoms with Crippen molar-refractivity contribution in [3.05, 3.63) is 0 Å². The summed E-state index contributed by atoms with van der Waals surface area (Å²) in [6, 6.07) is 0. The van der Waals surface area contributed by atoms with Crippen LogP contribution in [0, 0.1) is 0 Å². The molecule has 0 bridgehead atoms. The van der Waals surface area contributed by atoms with Crippen LogP contribution in [0.1, 0.15) is 0 Å². The van der Waals surface area contributed by atoms with E-state index >= 15 is 0 Å². The summed E-state index contributed by atoms with van der Waals surface area (Å²) in [5.41, 5.74) is 0. The molecule has 42 valence electrons. The molecule has 0 saturated heterocycles. The molecule has 0 saturated carbocycles. The van der Waals surface area contributed by atoms with E-state index in [0.717, 1.165) is 0 Å². The third-order valence-corrected chi connectivity index (χ3v) is 0.0943. The van der Waals surface area contributed by atoms with Crippen LogP contribution >= 0.6 is 0 Å². The van der Waals surface area contributed by atoms with E-state index in [9.17, 15) is 0 Å². The average molecular weight is 138 g/mol.